The summed E-state index contributed by atoms with van der Waals surface area (Å²) in [6, 6.07) is 3.81. The third-order valence-corrected chi connectivity index (χ3v) is 5.46. The molecular formula is C15H18ClFN4O2S. The summed E-state index contributed by atoms with van der Waals surface area (Å²) in [6.45, 7) is 6.43. The Balaban J connectivity index is 2.34. The minimum atomic E-state index is -3.66. The number of aromatic nitrogens is 2. The monoisotopic (exact) mass is 372 g/mol. The predicted molar refractivity (Wildman–Crippen MR) is 93.8 cm³/mol. The highest BCUT2D eigenvalue weighted by Crippen LogP contribution is 2.26. The maximum atomic E-state index is 13.8. The second kappa shape index (κ2) is 6.52. The van der Waals surface area contributed by atoms with E-state index in [1.165, 1.54) is 18.3 Å². The summed E-state index contributed by atoms with van der Waals surface area (Å²) in [7, 11) is -3.66. The first-order valence-corrected chi connectivity index (χ1v) is 8.93. The molecule has 0 aliphatic rings. The Morgan fingerprint density at radius 3 is 2.42 bits per heavy atom. The van der Waals surface area contributed by atoms with Crippen LogP contribution in [0.5, 0.6) is 0 Å². The van der Waals surface area contributed by atoms with Crippen molar-refractivity contribution in [3.63, 3.8) is 0 Å². The van der Waals surface area contributed by atoms with Gasteiger partial charge in [-0.3, -0.25) is 4.72 Å². The molecule has 1 heterocycles. The van der Waals surface area contributed by atoms with Gasteiger partial charge in [-0.15, -0.1) is 0 Å². The van der Waals surface area contributed by atoms with Crippen molar-refractivity contribution in [3.05, 3.63) is 41.1 Å². The number of hydrogen-bond acceptors (Lipinski definition) is 5. The van der Waals surface area contributed by atoms with Gasteiger partial charge >= 0.3 is 0 Å². The third-order valence-electron chi connectivity index (χ3n) is 3.16. The highest BCUT2D eigenvalue weighted by molar-refractivity contribution is 7.94. The molecule has 0 aliphatic carbocycles. The van der Waals surface area contributed by atoms with E-state index in [0.717, 1.165) is 6.07 Å². The van der Waals surface area contributed by atoms with Gasteiger partial charge in [0.2, 0.25) is 15.3 Å². The standard InChI is InChI=1S/C15H18ClFN4O2S/c1-9-8-18-14(16)20-13(9)19-11-5-10(17)6-12(7-11)21-24(22,23)15(2,3)4/h5-8,21H,1-4H3,(H,18,19,20). The van der Waals surface area contributed by atoms with Gasteiger partial charge in [-0.1, -0.05) is 0 Å². The molecule has 24 heavy (non-hydrogen) atoms. The second-order valence-electron chi connectivity index (χ2n) is 6.24. The summed E-state index contributed by atoms with van der Waals surface area (Å²) in [5.74, 6) is -0.186. The fourth-order valence-corrected chi connectivity index (χ4v) is 2.58. The van der Waals surface area contributed by atoms with E-state index >= 15 is 0 Å². The zero-order valence-electron chi connectivity index (χ0n) is 13.7. The van der Waals surface area contributed by atoms with E-state index < -0.39 is 20.6 Å². The Hall–Kier alpha value is -1.93. The maximum Gasteiger partial charge on any atom is 0.237 e. The number of sulfonamides is 1. The molecule has 0 aliphatic heterocycles. The van der Waals surface area contributed by atoms with E-state index in [1.807, 2.05) is 0 Å². The van der Waals surface area contributed by atoms with Crippen LogP contribution >= 0.6 is 11.6 Å². The number of nitrogens with one attached hydrogen (secondary N) is 2. The number of hydrogen-bond donors (Lipinski definition) is 2. The van der Waals surface area contributed by atoms with Crippen molar-refractivity contribution < 1.29 is 12.8 Å². The first-order chi connectivity index (χ1) is 11.0. The van der Waals surface area contributed by atoms with Crippen molar-refractivity contribution in [3.8, 4) is 0 Å². The van der Waals surface area contributed by atoms with Crippen molar-refractivity contribution in [2.75, 3.05) is 10.0 Å². The summed E-state index contributed by atoms with van der Waals surface area (Å²) in [4.78, 5) is 7.86. The third kappa shape index (κ3) is 4.33. The van der Waals surface area contributed by atoms with E-state index in [9.17, 15) is 12.8 Å². The van der Waals surface area contributed by atoms with Crippen molar-refractivity contribution in [2.45, 2.75) is 32.4 Å². The lowest BCUT2D eigenvalue weighted by atomic mass is 10.2. The molecule has 0 bridgehead atoms. The fraction of sp³-hybridized carbons (Fsp3) is 0.333. The van der Waals surface area contributed by atoms with Crippen LogP contribution in [0.2, 0.25) is 5.28 Å². The minimum absolute atomic E-state index is 0.0492. The Labute approximate surface area is 145 Å². The van der Waals surface area contributed by atoms with Gasteiger partial charge < -0.3 is 5.32 Å². The van der Waals surface area contributed by atoms with E-state index in [0.29, 0.717) is 17.1 Å². The average Bonchev–Trinajstić information content (AvgIpc) is 2.40. The van der Waals surface area contributed by atoms with Crippen molar-refractivity contribution in [1.82, 2.24) is 9.97 Å². The van der Waals surface area contributed by atoms with E-state index in [2.05, 4.69) is 20.0 Å². The molecule has 2 N–H and O–H groups in total. The van der Waals surface area contributed by atoms with Gasteiger partial charge in [0.25, 0.3) is 0 Å². The topological polar surface area (TPSA) is 84.0 Å². The Bertz CT molecular complexity index is 866. The zero-order valence-corrected chi connectivity index (χ0v) is 15.3. The highest BCUT2D eigenvalue weighted by Gasteiger charge is 2.29. The second-order valence-corrected chi connectivity index (χ2v) is 9.02. The van der Waals surface area contributed by atoms with Crippen LogP contribution < -0.4 is 10.0 Å². The summed E-state index contributed by atoms with van der Waals surface area (Å²) in [5.41, 5.74) is 1.16. The Morgan fingerprint density at radius 1 is 1.17 bits per heavy atom. The van der Waals surface area contributed by atoms with Gasteiger partial charge in [0.05, 0.1) is 10.4 Å². The van der Waals surface area contributed by atoms with E-state index in [4.69, 9.17) is 11.6 Å². The lowest BCUT2D eigenvalue weighted by Gasteiger charge is -2.21. The van der Waals surface area contributed by atoms with Crippen molar-refractivity contribution in [2.24, 2.45) is 0 Å². The molecule has 9 heteroatoms. The molecule has 0 amide bonds. The van der Waals surface area contributed by atoms with Crippen LogP contribution in [0.15, 0.2) is 24.4 Å². The quantitative estimate of drug-likeness (QED) is 0.796. The molecule has 130 valence electrons. The first-order valence-electron chi connectivity index (χ1n) is 7.07. The minimum Gasteiger partial charge on any atom is -0.340 e. The fourth-order valence-electron chi connectivity index (χ4n) is 1.71. The molecule has 6 nitrogen and oxygen atoms in total. The largest absolute Gasteiger partial charge is 0.340 e. The lowest BCUT2D eigenvalue weighted by molar-refractivity contribution is 0.566. The summed E-state index contributed by atoms with van der Waals surface area (Å²) >= 11 is 5.75. The van der Waals surface area contributed by atoms with Crippen LogP contribution in [0.25, 0.3) is 0 Å². The maximum absolute atomic E-state index is 13.8. The van der Waals surface area contributed by atoms with Crippen LogP contribution in [-0.4, -0.2) is 23.1 Å². The molecule has 2 rings (SSSR count). The summed E-state index contributed by atoms with van der Waals surface area (Å²) in [5, 5.41) is 2.96. The smallest absolute Gasteiger partial charge is 0.237 e. The Kier molecular flexibility index (Phi) is 5.00. The molecular weight excluding hydrogens is 355 g/mol. The molecule has 0 unspecified atom stereocenters. The summed E-state index contributed by atoms with van der Waals surface area (Å²) < 4.78 is 39.6. The lowest BCUT2D eigenvalue weighted by Crippen LogP contribution is -2.33. The number of benzene rings is 1. The normalized spacial score (nSPS) is 12.1. The summed E-state index contributed by atoms with van der Waals surface area (Å²) in [6.07, 6.45) is 1.53. The molecule has 0 atom stereocenters. The van der Waals surface area contributed by atoms with Crippen LogP contribution in [0.4, 0.5) is 21.6 Å². The Morgan fingerprint density at radius 2 is 1.79 bits per heavy atom. The molecule has 0 saturated heterocycles. The number of nitrogens with zero attached hydrogens (tertiary/aromatic N) is 2. The van der Waals surface area contributed by atoms with E-state index in [1.54, 1.807) is 27.7 Å². The molecule has 0 saturated carbocycles. The number of anilines is 3. The van der Waals surface area contributed by atoms with Gasteiger partial charge in [-0.05, 0) is 57.5 Å². The number of aryl methyl sites for hydroxylation is 1. The van der Waals surface area contributed by atoms with Crippen molar-refractivity contribution >= 4 is 38.8 Å². The molecule has 1 aromatic heterocycles. The predicted octanol–water partition coefficient (Wildman–Crippen LogP) is 3.86. The van der Waals surface area contributed by atoms with Gasteiger partial charge in [0.1, 0.15) is 11.6 Å². The van der Waals surface area contributed by atoms with Gasteiger partial charge in [0.15, 0.2) is 0 Å². The molecule has 0 radical (unpaired) electrons. The van der Waals surface area contributed by atoms with Gasteiger partial charge in [0, 0.05) is 17.4 Å². The first kappa shape index (κ1) is 18.4. The van der Waals surface area contributed by atoms with Crippen LogP contribution in [0.3, 0.4) is 0 Å². The molecule has 1 aromatic carbocycles. The SMILES string of the molecule is Cc1cnc(Cl)nc1Nc1cc(F)cc(NS(=O)(=O)C(C)(C)C)c1. The molecule has 2 aromatic rings. The van der Waals surface area contributed by atoms with Crippen LogP contribution in [-0.2, 0) is 10.0 Å². The number of rotatable bonds is 4. The van der Waals surface area contributed by atoms with Gasteiger partial charge in [-0.2, -0.15) is 0 Å². The van der Waals surface area contributed by atoms with Gasteiger partial charge in [-0.25, -0.2) is 22.8 Å². The zero-order chi connectivity index (χ0) is 18.1. The van der Waals surface area contributed by atoms with Crippen molar-refractivity contribution in [1.29, 1.82) is 0 Å². The van der Waals surface area contributed by atoms with Crippen LogP contribution in [0.1, 0.15) is 26.3 Å². The molecule has 0 fully saturated rings. The highest BCUT2D eigenvalue weighted by atomic mass is 35.5. The average molecular weight is 373 g/mol. The number of halogens is 2. The van der Waals surface area contributed by atoms with Crippen LogP contribution in [0, 0.1) is 12.7 Å². The van der Waals surface area contributed by atoms with E-state index in [-0.39, 0.29) is 11.0 Å². The molecule has 0 spiro atoms.